The van der Waals surface area contributed by atoms with Crippen LogP contribution in [0.5, 0.6) is 0 Å². The molecule has 2 aliphatic heterocycles. The fraction of sp³-hybridized carbons (Fsp3) is 0.214. The summed E-state index contributed by atoms with van der Waals surface area (Å²) in [5.41, 5.74) is 31.3. The van der Waals surface area contributed by atoms with E-state index in [0.29, 0.717) is 30.1 Å². The number of aromatic nitrogens is 10. The van der Waals surface area contributed by atoms with Crippen LogP contribution in [-0.4, -0.2) is 88.1 Å². The monoisotopic (exact) mass is 1830 g/mol. The Hall–Kier alpha value is -6.87. The van der Waals surface area contributed by atoms with Gasteiger partial charge in [0.05, 0.1) is 118 Å². The van der Waals surface area contributed by atoms with Gasteiger partial charge in [-0.05, 0) is 128 Å². The second-order valence-corrected chi connectivity index (χ2v) is 36.0. The van der Waals surface area contributed by atoms with Crippen molar-refractivity contribution in [2.75, 3.05) is 42.5 Å². The van der Waals surface area contributed by atoms with Gasteiger partial charge in [0.25, 0.3) is 0 Å². The summed E-state index contributed by atoms with van der Waals surface area (Å²) in [5.74, 6) is 2.05. The molecule has 14 nitrogen and oxygen atoms in total. The molecule has 580 valence electrons. The van der Waals surface area contributed by atoms with Gasteiger partial charge in [0.2, 0.25) is 0 Å². The van der Waals surface area contributed by atoms with Crippen LogP contribution >= 0.6 is 177 Å². The second kappa shape index (κ2) is 37.2. The molecule has 0 atom stereocenters. The van der Waals surface area contributed by atoms with Gasteiger partial charge in [0.1, 0.15) is 43.3 Å². The first-order valence-electron chi connectivity index (χ1n) is 34.8. The van der Waals surface area contributed by atoms with Crippen molar-refractivity contribution in [3.63, 3.8) is 0 Å². The molecule has 0 saturated carbocycles. The highest BCUT2D eigenvalue weighted by Crippen LogP contribution is 2.47. The van der Waals surface area contributed by atoms with Gasteiger partial charge < -0.3 is 21.3 Å². The Morgan fingerprint density at radius 1 is 0.372 bits per heavy atom. The SMILES string of the molecule is C.C.Cc1cccc(-c2csc3c(-c4cccc(Cl)c4Cl)ncnc23)c1Cl.Cc1cccc(-c2csc3c(N4CCC(C)(CN)CC4)ncnc23)c1Cl.Cc1cccc(-c2csc3c(N4CCC(C)(N)CC4)ncnc23)c1Cl.Clc1cccc(-c2ncnc3c(Br)csc23)c1Cl.Clc1cccc(-c2ncnc3ccsc23)c1Cl. The van der Waals surface area contributed by atoms with Crippen LogP contribution < -0.4 is 21.3 Å². The normalized spacial score (nSPS) is 13.6. The summed E-state index contributed by atoms with van der Waals surface area (Å²) in [5, 5.41) is 15.8. The van der Waals surface area contributed by atoms with Crippen LogP contribution in [0, 0.1) is 26.2 Å². The van der Waals surface area contributed by atoms with Crippen LogP contribution in [0.15, 0.2) is 178 Å². The van der Waals surface area contributed by atoms with Gasteiger partial charge in [-0.15, -0.1) is 56.7 Å². The number of rotatable bonds is 9. The summed E-state index contributed by atoms with van der Waals surface area (Å²) in [4.78, 5) is 49.1. The molecule has 29 heteroatoms. The quantitative estimate of drug-likeness (QED) is 0.139. The predicted molar refractivity (Wildman–Crippen MR) is 493 cm³/mol. The lowest BCUT2D eigenvalue weighted by molar-refractivity contribution is 0.258. The Labute approximate surface area is 729 Å². The van der Waals surface area contributed by atoms with E-state index >= 15 is 0 Å². The molecule has 0 unspecified atom stereocenters. The van der Waals surface area contributed by atoms with Gasteiger partial charge in [0.15, 0.2) is 0 Å². The molecule has 18 rings (SSSR count). The molecule has 113 heavy (non-hydrogen) atoms. The summed E-state index contributed by atoms with van der Waals surface area (Å²) in [7, 11) is 0. The van der Waals surface area contributed by atoms with Gasteiger partial charge in [-0.3, -0.25) is 0 Å². The average Bonchev–Trinajstić information content (AvgIpc) is 2.01. The van der Waals surface area contributed by atoms with Crippen LogP contribution in [0.25, 0.3) is 118 Å². The lowest BCUT2D eigenvalue weighted by atomic mass is 9.80. The summed E-state index contributed by atoms with van der Waals surface area (Å²) < 4.78 is 6.20. The summed E-state index contributed by atoms with van der Waals surface area (Å²) in [6.45, 7) is 15.0. The third-order valence-corrected chi connectivity index (χ3v) is 29.3. The maximum absolute atomic E-state index is 6.56. The lowest BCUT2D eigenvalue weighted by Gasteiger charge is -2.39. The van der Waals surface area contributed by atoms with E-state index in [1.807, 2.05) is 116 Å². The molecule has 10 aromatic heterocycles. The van der Waals surface area contributed by atoms with E-state index in [9.17, 15) is 0 Å². The minimum Gasteiger partial charge on any atom is -0.355 e. The molecule has 2 saturated heterocycles. The standard InChI is InChI=1S/C20H23ClN4S.C19H11Cl3N2S.C19H21ClN4S.C12H5BrCl2N2S.C12H6Cl2N2S.2CH4/c1-13-4-3-5-14(16(13)21)15-10-26-18-17(15)23-12-24-19(18)25-8-6-20(2,11-22)7-9-25;1-10-4-2-5-11(15(10)21)13-8-25-19-17(23-9-24-18(13)19)12-6-3-7-14(20)16(12)22;1-12-4-3-5-13(15(12)20)14-10-25-17-16(14)22-11-23-18(17)24-8-6-19(2,21)7-9-24;13-7-4-18-12-10(16-5-17-11(7)12)6-2-1-3-8(14)9(6)15;13-8-3-1-2-7(10(8)14)11-12-9(4-5-17-12)15-6-16-11;;/h3-5,10,12H,6-9,11,22H2,1-2H3;2-9H,1H3;3-5,10-11H,6-9,21H2,1-2H3;1-5H;1-6H;2*1H4. The highest BCUT2D eigenvalue weighted by Gasteiger charge is 2.32. The van der Waals surface area contributed by atoms with Crippen molar-refractivity contribution in [1.82, 2.24) is 49.8 Å². The third kappa shape index (κ3) is 18.2. The van der Waals surface area contributed by atoms with Gasteiger partial charge in [-0.25, -0.2) is 49.8 Å². The third-order valence-electron chi connectivity index (χ3n) is 19.6. The Morgan fingerprint density at radius 3 is 1.13 bits per heavy atom. The zero-order valence-electron chi connectivity index (χ0n) is 59.9. The first-order chi connectivity index (χ1) is 53.5. The highest BCUT2D eigenvalue weighted by atomic mass is 79.9. The molecule has 2 fully saturated rings. The molecular weight excluding hydrogens is 1760 g/mol. The largest absolute Gasteiger partial charge is 0.355 e. The van der Waals surface area contributed by atoms with Gasteiger partial charge in [-0.1, -0.05) is 217 Å². The van der Waals surface area contributed by atoms with Crippen molar-refractivity contribution in [2.45, 2.75) is 80.7 Å². The van der Waals surface area contributed by atoms with Crippen LogP contribution in [0.4, 0.5) is 11.6 Å². The zero-order valence-corrected chi connectivity index (χ0v) is 72.4. The van der Waals surface area contributed by atoms with Crippen molar-refractivity contribution in [3.8, 4) is 67.2 Å². The minimum absolute atomic E-state index is 0. The van der Waals surface area contributed by atoms with Gasteiger partial charge in [-0.2, -0.15) is 0 Å². The Bertz CT molecular complexity index is 6110. The molecule has 0 amide bonds. The van der Waals surface area contributed by atoms with E-state index in [0.717, 1.165) is 225 Å². The van der Waals surface area contributed by atoms with E-state index in [4.69, 9.17) is 116 Å². The Kier molecular flexibility index (Phi) is 28.1. The molecule has 6 aromatic carbocycles. The number of benzene rings is 6. The number of nitrogens with zero attached hydrogens (tertiary/aromatic N) is 12. The van der Waals surface area contributed by atoms with Gasteiger partial charge >= 0.3 is 0 Å². The predicted octanol–water partition coefficient (Wildman–Crippen LogP) is 28.2. The van der Waals surface area contributed by atoms with Gasteiger partial charge in [0, 0.05) is 103 Å². The first kappa shape index (κ1) is 85.5. The van der Waals surface area contributed by atoms with Crippen LogP contribution in [0.3, 0.4) is 0 Å². The number of anilines is 2. The molecule has 0 radical (unpaired) electrons. The summed E-state index contributed by atoms with van der Waals surface area (Å²) >= 11 is 68.3. The molecular formula is C84H74BrCl9N14S5. The number of nitrogens with two attached hydrogens (primary N) is 2. The van der Waals surface area contributed by atoms with Crippen molar-refractivity contribution in [1.29, 1.82) is 0 Å². The van der Waals surface area contributed by atoms with Crippen molar-refractivity contribution in [3.05, 3.63) is 240 Å². The van der Waals surface area contributed by atoms with Crippen molar-refractivity contribution in [2.24, 2.45) is 16.9 Å². The van der Waals surface area contributed by atoms with E-state index in [2.05, 4.69) is 118 Å². The Morgan fingerprint density at radius 2 is 0.708 bits per heavy atom. The lowest BCUT2D eigenvalue weighted by Crippen LogP contribution is -2.48. The molecule has 0 spiro atoms. The zero-order chi connectivity index (χ0) is 78.0. The number of aryl methyl sites for hydroxylation is 3. The number of thiophene rings is 5. The molecule has 12 heterocycles. The molecule has 16 aromatic rings. The van der Waals surface area contributed by atoms with E-state index in [1.165, 1.54) is 6.33 Å². The number of fused-ring (bicyclic) bond motifs is 5. The fourth-order valence-corrected chi connectivity index (χ4v) is 20.4. The molecule has 2 aliphatic rings. The Balaban J connectivity index is 0.000000131. The fourth-order valence-electron chi connectivity index (χ4n) is 13.1. The highest BCUT2D eigenvalue weighted by molar-refractivity contribution is 9.10. The maximum Gasteiger partial charge on any atom is 0.150 e. The van der Waals surface area contributed by atoms with Crippen LogP contribution in [-0.2, 0) is 0 Å². The number of hydrogen-bond donors (Lipinski definition) is 2. The average molecular weight is 1840 g/mol. The van der Waals surface area contributed by atoms with E-state index in [1.54, 1.807) is 100 Å². The first-order valence-corrected chi connectivity index (χ1v) is 43.4. The summed E-state index contributed by atoms with van der Waals surface area (Å²) in [6.07, 6.45) is 12.1. The van der Waals surface area contributed by atoms with Crippen molar-refractivity contribution < 1.29 is 0 Å². The topological polar surface area (TPSA) is 187 Å². The smallest absolute Gasteiger partial charge is 0.150 e. The number of piperidine rings is 2. The minimum atomic E-state index is -0.0711. The summed E-state index contributed by atoms with van der Waals surface area (Å²) in [6, 6.07) is 36.8. The van der Waals surface area contributed by atoms with Crippen LogP contribution in [0.2, 0.25) is 45.2 Å². The second-order valence-electron chi connectivity index (χ2n) is 27.2. The van der Waals surface area contributed by atoms with E-state index in [-0.39, 0.29) is 25.8 Å². The van der Waals surface area contributed by atoms with E-state index < -0.39 is 0 Å². The number of halogens is 10. The molecule has 0 aliphatic carbocycles. The number of hydrogen-bond acceptors (Lipinski definition) is 19. The van der Waals surface area contributed by atoms with Crippen LogP contribution in [0.1, 0.15) is 71.1 Å². The molecule has 0 bridgehead atoms. The maximum atomic E-state index is 6.56. The molecule has 4 N–H and O–H groups in total. The van der Waals surface area contributed by atoms with Crippen molar-refractivity contribution >= 4 is 240 Å².